The first-order valence-corrected chi connectivity index (χ1v) is 12.2. The molecular formula is C23H24N6O2S. The first-order chi connectivity index (χ1) is 15.6. The molecule has 1 saturated carbocycles. The number of nitrogens with one attached hydrogen (secondary N) is 2. The first-order valence-electron chi connectivity index (χ1n) is 10.7. The van der Waals surface area contributed by atoms with Crippen LogP contribution in [0.4, 0.5) is 11.6 Å². The summed E-state index contributed by atoms with van der Waals surface area (Å²) in [6.45, 7) is 0.410. The Morgan fingerprint density at radius 1 is 0.875 bits per heavy atom. The maximum absolute atomic E-state index is 12.9. The van der Waals surface area contributed by atoms with Crippen LogP contribution in [0.2, 0.25) is 0 Å². The Labute approximate surface area is 186 Å². The summed E-state index contributed by atoms with van der Waals surface area (Å²) >= 11 is 0. The third kappa shape index (κ3) is 4.29. The van der Waals surface area contributed by atoms with Crippen LogP contribution in [-0.4, -0.2) is 28.2 Å². The number of aromatic nitrogens is 4. The highest BCUT2D eigenvalue weighted by atomic mass is 32.2. The Bertz CT molecular complexity index is 1330. The number of fused-ring (bicyclic) bond motifs is 1. The quantitative estimate of drug-likeness (QED) is 0.436. The van der Waals surface area contributed by atoms with Gasteiger partial charge in [-0.2, -0.15) is 5.10 Å². The lowest BCUT2D eigenvalue weighted by Crippen LogP contribution is -2.16. The van der Waals surface area contributed by atoms with E-state index in [1.165, 1.54) is 12.8 Å². The summed E-state index contributed by atoms with van der Waals surface area (Å²) in [5.41, 5.74) is 2.15. The lowest BCUT2D eigenvalue weighted by atomic mass is 10.3. The lowest BCUT2D eigenvalue weighted by molar-refractivity contribution is 0.463. The van der Waals surface area contributed by atoms with Gasteiger partial charge >= 0.3 is 0 Å². The van der Waals surface area contributed by atoms with Gasteiger partial charge in [-0.25, -0.2) is 18.4 Å². The Morgan fingerprint density at radius 2 is 1.53 bits per heavy atom. The van der Waals surface area contributed by atoms with Crippen molar-refractivity contribution in [1.82, 2.24) is 19.7 Å². The molecule has 1 aliphatic carbocycles. The summed E-state index contributed by atoms with van der Waals surface area (Å²) in [5.74, 6) is 0.515. The van der Waals surface area contributed by atoms with Crippen LogP contribution in [0.1, 0.15) is 37.4 Å². The molecule has 0 aliphatic heterocycles. The number of hydrogen-bond acceptors (Lipinski definition) is 6. The van der Waals surface area contributed by atoms with E-state index in [2.05, 4.69) is 25.1 Å². The van der Waals surface area contributed by atoms with Crippen LogP contribution in [0.3, 0.4) is 0 Å². The summed E-state index contributed by atoms with van der Waals surface area (Å²) in [6.07, 6.45) is 6.83. The number of sulfonamides is 1. The van der Waals surface area contributed by atoms with Gasteiger partial charge in [-0.3, -0.25) is 9.40 Å². The van der Waals surface area contributed by atoms with Crippen molar-refractivity contribution >= 4 is 32.7 Å². The Morgan fingerprint density at radius 3 is 2.25 bits per heavy atom. The van der Waals surface area contributed by atoms with Crippen LogP contribution in [0.15, 0.2) is 71.8 Å². The smallest absolute Gasteiger partial charge is 0.263 e. The van der Waals surface area contributed by atoms with E-state index in [9.17, 15) is 8.42 Å². The molecule has 0 unspecified atom stereocenters. The van der Waals surface area contributed by atoms with Crippen molar-refractivity contribution in [1.29, 1.82) is 0 Å². The van der Waals surface area contributed by atoms with Gasteiger partial charge in [-0.1, -0.05) is 43.2 Å². The van der Waals surface area contributed by atoms with Crippen LogP contribution < -0.4 is 10.0 Å². The third-order valence-electron chi connectivity index (χ3n) is 5.65. The van der Waals surface area contributed by atoms with Crippen molar-refractivity contribution in [2.75, 3.05) is 10.0 Å². The Hall–Kier alpha value is -3.46. The summed E-state index contributed by atoms with van der Waals surface area (Å²) < 4.78 is 30.4. The molecule has 0 radical (unpaired) electrons. The van der Waals surface area contributed by atoms with Gasteiger partial charge in [-0.05, 0) is 43.2 Å². The highest BCUT2D eigenvalue weighted by Gasteiger charge is 2.20. The fourth-order valence-corrected chi connectivity index (χ4v) is 5.03. The van der Waals surface area contributed by atoms with Gasteiger partial charge in [0.05, 0.1) is 34.2 Å². The molecule has 2 aromatic heterocycles. The van der Waals surface area contributed by atoms with Gasteiger partial charge in [0.25, 0.3) is 10.0 Å². The van der Waals surface area contributed by atoms with E-state index in [0.717, 1.165) is 18.5 Å². The fourth-order valence-electron chi connectivity index (χ4n) is 4.00. The third-order valence-corrected chi connectivity index (χ3v) is 7.01. The Balaban J connectivity index is 1.42. The maximum atomic E-state index is 12.9. The van der Waals surface area contributed by atoms with Crippen molar-refractivity contribution in [2.24, 2.45) is 0 Å². The highest BCUT2D eigenvalue weighted by molar-refractivity contribution is 7.92. The summed E-state index contributed by atoms with van der Waals surface area (Å²) in [7, 11) is -3.81. The van der Waals surface area contributed by atoms with Crippen LogP contribution in [-0.2, 0) is 16.6 Å². The molecule has 0 bridgehead atoms. The molecule has 32 heavy (non-hydrogen) atoms. The van der Waals surface area contributed by atoms with Crippen molar-refractivity contribution in [3.05, 3.63) is 72.6 Å². The predicted molar refractivity (Wildman–Crippen MR) is 124 cm³/mol. The number of benzene rings is 2. The van der Waals surface area contributed by atoms with Crippen molar-refractivity contribution in [3.8, 4) is 0 Å². The van der Waals surface area contributed by atoms with E-state index in [0.29, 0.717) is 29.4 Å². The molecule has 2 N–H and O–H groups in total. The minimum atomic E-state index is -3.81. The van der Waals surface area contributed by atoms with Crippen molar-refractivity contribution in [3.63, 3.8) is 0 Å². The van der Waals surface area contributed by atoms with Gasteiger partial charge in [0.2, 0.25) is 0 Å². The molecule has 4 aromatic rings. The molecule has 9 heteroatoms. The first kappa shape index (κ1) is 20.4. The SMILES string of the molecule is O=S(=O)(Nc1nc2ccccc2nc1NCc1ccn(C2CCCC2)n1)c1ccccc1. The van der Waals surface area contributed by atoms with E-state index in [-0.39, 0.29) is 10.7 Å². The van der Waals surface area contributed by atoms with E-state index in [4.69, 9.17) is 0 Å². The van der Waals surface area contributed by atoms with Crippen molar-refractivity contribution < 1.29 is 8.42 Å². The minimum Gasteiger partial charge on any atom is -0.361 e. The molecule has 0 saturated heterocycles. The number of nitrogens with zero attached hydrogens (tertiary/aromatic N) is 4. The zero-order valence-corrected chi connectivity index (χ0v) is 18.3. The number of para-hydroxylation sites is 2. The largest absolute Gasteiger partial charge is 0.361 e. The normalized spacial score (nSPS) is 14.6. The molecule has 0 atom stereocenters. The van der Waals surface area contributed by atoms with Gasteiger partial charge in [0.1, 0.15) is 0 Å². The second-order valence-corrected chi connectivity index (χ2v) is 9.59. The van der Waals surface area contributed by atoms with Crippen molar-refractivity contribution in [2.45, 2.75) is 43.2 Å². The van der Waals surface area contributed by atoms with Gasteiger partial charge in [0, 0.05) is 6.20 Å². The van der Waals surface area contributed by atoms with E-state index in [1.54, 1.807) is 36.4 Å². The van der Waals surface area contributed by atoms with E-state index >= 15 is 0 Å². The number of hydrogen-bond donors (Lipinski definition) is 2. The maximum Gasteiger partial charge on any atom is 0.263 e. The average molecular weight is 449 g/mol. The standard InChI is InChI=1S/C23H24N6O2S/c30-32(31,19-10-2-1-3-11-19)28-23-22(25-20-12-6-7-13-21(20)26-23)24-16-17-14-15-29(27-17)18-8-4-5-9-18/h1-3,6-7,10-15,18H,4-5,8-9,16H2,(H,24,25)(H,26,28). The molecule has 164 valence electrons. The molecule has 8 nitrogen and oxygen atoms in total. The van der Waals surface area contributed by atoms with Crippen LogP contribution >= 0.6 is 0 Å². The monoisotopic (exact) mass is 448 g/mol. The average Bonchev–Trinajstić information content (AvgIpc) is 3.50. The minimum absolute atomic E-state index is 0.155. The molecular weight excluding hydrogens is 424 g/mol. The van der Waals surface area contributed by atoms with Crippen LogP contribution in [0, 0.1) is 0 Å². The van der Waals surface area contributed by atoms with Gasteiger partial charge in [0.15, 0.2) is 11.6 Å². The molecule has 5 rings (SSSR count). The van der Waals surface area contributed by atoms with Crippen LogP contribution in [0.25, 0.3) is 11.0 Å². The second kappa shape index (κ2) is 8.58. The van der Waals surface area contributed by atoms with Gasteiger partial charge in [-0.15, -0.1) is 0 Å². The molecule has 1 aliphatic rings. The zero-order chi connectivity index (χ0) is 22.0. The fraction of sp³-hybridized carbons (Fsp3) is 0.261. The summed E-state index contributed by atoms with van der Waals surface area (Å²) in [6, 6.07) is 18.0. The Kier molecular flexibility index (Phi) is 5.48. The molecule has 2 heterocycles. The number of anilines is 2. The lowest BCUT2D eigenvalue weighted by Gasteiger charge is -2.13. The molecule has 2 aromatic carbocycles. The van der Waals surface area contributed by atoms with Crippen LogP contribution in [0.5, 0.6) is 0 Å². The molecule has 0 amide bonds. The summed E-state index contributed by atoms with van der Waals surface area (Å²) in [4.78, 5) is 9.31. The molecule has 1 fully saturated rings. The zero-order valence-electron chi connectivity index (χ0n) is 17.5. The summed E-state index contributed by atoms with van der Waals surface area (Å²) in [5, 5.41) is 7.91. The van der Waals surface area contributed by atoms with E-state index < -0.39 is 10.0 Å². The predicted octanol–water partition coefficient (Wildman–Crippen LogP) is 4.35. The highest BCUT2D eigenvalue weighted by Crippen LogP contribution is 2.29. The molecule has 0 spiro atoms. The van der Waals surface area contributed by atoms with Gasteiger partial charge < -0.3 is 5.32 Å². The topological polar surface area (TPSA) is 102 Å². The second-order valence-electron chi connectivity index (χ2n) is 7.91. The van der Waals surface area contributed by atoms with E-state index in [1.807, 2.05) is 35.1 Å². The number of rotatable bonds is 7.